The van der Waals surface area contributed by atoms with Crippen LogP contribution in [0.15, 0.2) is 18.2 Å². The minimum atomic E-state index is -1.08. The third-order valence-electron chi connectivity index (χ3n) is 5.35. The maximum Gasteiger partial charge on any atom is 0.237 e. The van der Waals surface area contributed by atoms with Crippen molar-refractivity contribution in [2.75, 3.05) is 13.3 Å². The lowest BCUT2D eigenvalue weighted by Crippen LogP contribution is -2.53. The molecule has 0 radical (unpaired) electrons. The Labute approximate surface area is 154 Å². The van der Waals surface area contributed by atoms with Crippen LogP contribution in [0.25, 0.3) is 0 Å². The third kappa shape index (κ3) is 3.64. The normalized spacial score (nSPS) is 19.3. The highest BCUT2D eigenvalue weighted by Gasteiger charge is 2.41. The van der Waals surface area contributed by atoms with Crippen LogP contribution >= 0.6 is 0 Å². The van der Waals surface area contributed by atoms with E-state index >= 15 is 0 Å². The van der Waals surface area contributed by atoms with Gasteiger partial charge in [0.2, 0.25) is 18.6 Å². The predicted octanol–water partition coefficient (Wildman–Crippen LogP) is 2.85. The second-order valence-electron chi connectivity index (χ2n) is 7.55. The summed E-state index contributed by atoms with van der Waals surface area (Å²) >= 11 is 0. The predicted molar refractivity (Wildman–Crippen MR) is 97.8 cm³/mol. The van der Waals surface area contributed by atoms with E-state index in [1.807, 2.05) is 23.1 Å². The fourth-order valence-electron chi connectivity index (χ4n) is 3.60. The number of amides is 2. The maximum absolute atomic E-state index is 13.0. The number of piperidine rings is 1. The van der Waals surface area contributed by atoms with E-state index in [2.05, 4.69) is 12.2 Å². The van der Waals surface area contributed by atoms with E-state index < -0.39 is 5.41 Å². The van der Waals surface area contributed by atoms with Crippen molar-refractivity contribution >= 4 is 11.8 Å². The van der Waals surface area contributed by atoms with Gasteiger partial charge in [0.25, 0.3) is 0 Å². The highest BCUT2D eigenvalue weighted by Crippen LogP contribution is 2.32. The molecule has 3 rings (SSSR count). The number of likely N-dealkylation sites (tertiary alicyclic amines) is 1. The first-order valence-electron chi connectivity index (χ1n) is 9.41. The molecule has 2 amide bonds. The van der Waals surface area contributed by atoms with E-state index in [4.69, 9.17) is 9.47 Å². The first kappa shape index (κ1) is 18.5. The minimum Gasteiger partial charge on any atom is -0.454 e. The largest absolute Gasteiger partial charge is 0.454 e. The van der Waals surface area contributed by atoms with Gasteiger partial charge in [-0.25, -0.2) is 0 Å². The Morgan fingerprint density at radius 1 is 1.23 bits per heavy atom. The quantitative estimate of drug-likeness (QED) is 0.820. The van der Waals surface area contributed by atoms with E-state index in [9.17, 15) is 9.59 Å². The SMILES string of the molecule is CCC1CCCCN1C(=O)C(C)(C)C(=O)NCc1ccc2c(c1)OCO2. The zero-order valence-electron chi connectivity index (χ0n) is 15.8. The Morgan fingerprint density at radius 3 is 2.77 bits per heavy atom. The summed E-state index contributed by atoms with van der Waals surface area (Å²) in [6, 6.07) is 5.83. The summed E-state index contributed by atoms with van der Waals surface area (Å²) in [5.41, 5.74) is -0.170. The third-order valence-corrected chi connectivity index (χ3v) is 5.35. The first-order valence-corrected chi connectivity index (χ1v) is 9.41. The van der Waals surface area contributed by atoms with Crippen LogP contribution in [0.2, 0.25) is 0 Å². The molecule has 6 heteroatoms. The molecule has 142 valence electrons. The molecule has 0 spiro atoms. The average Bonchev–Trinajstić information content (AvgIpc) is 3.13. The van der Waals surface area contributed by atoms with Gasteiger partial charge in [0.15, 0.2) is 11.5 Å². The maximum atomic E-state index is 13.0. The molecule has 6 nitrogen and oxygen atoms in total. The average molecular weight is 360 g/mol. The highest BCUT2D eigenvalue weighted by atomic mass is 16.7. The van der Waals surface area contributed by atoms with Gasteiger partial charge in [-0.2, -0.15) is 0 Å². The molecule has 1 saturated heterocycles. The summed E-state index contributed by atoms with van der Waals surface area (Å²) in [6.45, 7) is 6.85. The summed E-state index contributed by atoms with van der Waals surface area (Å²) in [7, 11) is 0. The summed E-state index contributed by atoms with van der Waals surface area (Å²) in [6.07, 6.45) is 4.12. The number of rotatable bonds is 5. The lowest BCUT2D eigenvalue weighted by molar-refractivity contribution is -0.151. The van der Waals surface area contributed by atoms with Crippen molar-refractivity contribution in [2.24, 2.45) is 5.41 Å². The molecule has 0 aromatic heterocycles. The van der Waals surface area contributed by atoms with Gasteiger partial charge in [0.05, 0.1) is 0 Å². The van der Waals surface area contributed by atoms with Crippen molar-refractivity contribution in [1.29, 1.82) is 0 Å². The van der Waals surface area contributed by atoms with Gasteiger partial charge < -0.3 is 19.7 Å². The molecule has 1 aromatic carbocycles. The Hall–Kier alpha value is -2.24. The van der Waals surface area contributed by atoms with E-state index in [-0.39, 0.29) is 24.6 Å². The Balaban J connectivity index is 1.63. The topological polar surface area (TPSA) is 67.9 Å². The number of benzene rings is 1. The van der Waals surface area contributed by atoms with Crippen molar-refractivity contribution in [3.8, 4) is 11.5 Å². The van der Waals surface area contributed by atoms with Crippen LogP contribution in [-0.4, -0.2) is 36.1 Å². The van der Waals surface area contributed by atoms with Crippen LogP contribution in [0, 0.1) is 5.41 Å². The molecular formula is C20H28N2O4. The molecule has 26 heavy (non-hydrogen) atoms. The van der Waals surface area contributed by atoms with Crippen LogP contribution in [-0.2, 0) is 16.1 Å². The molecule has 0 saturated carbocycles. The van der Waals surface area contributed by atoms with Crippen molar-refractivity contribution in [3.63, 3.8) is 0 Å². The second-order valence-corrected chi connectivity index (χ2v) is 7.55. The van der Waals surface area contributed by atoms with Gasteiger partial charge in [0.1, 0.15) is 5.41 Å². The number of hydrogen-bond acceptors (Lipinski definition) is 4. The van der Waals surface area contributed by atoms with E-state index in [1.54, 1.807) is 13.8 Å². The lowest BCUT2D eigenvalue weighted by Gasteiger charge is -2.39. The molecule has 0 bridgehead atoms. The van der Waals surface area contributed by atoms with Crippen LogP contribution in [0.1, 0.15) is 52.0 Å². The van der Waals surface area contributed by atoms with Crippen molar-refractivity contribution in [3.05, 3.63) is 23.8 Å². The molecule has 1 N–H and O–H groups in total. The fraction of sp³-hybridized carbons (Fsp3) is 0.600. The van der Waals surface area contributed by atoms with E-state index in [0.717, 1.165) is 37.8 Å². The lowest BCUT2D eigenvalue weighted by atomic mass is 9.87. The van der Waals surface area contributed by atoms with Crippen LogP contribution in [0.4, 0.5) is 0 Å². The molecule has 2 heterocycles. The van der Waals surface area contributed by atoms with Crippen LogP contribution in [0.3, 0.4) is 0 Å². The monoisotopic (exact) mass is 360 g/mol. The molecule has 0 aliphatic carbocycles. The Morgan fingerprint density at radius 2 is 2.00 bits per heavy atom. The number of nitrogens with one attached hydrogen (secondary N) is 1. The standard InChI is InChI=1S/C20H28N2O4/c1-4-15-7-5-6-10-22(15)19(24)20(2,3)18(23)21-12-14-8-9-16-17(11-14)26-13-25-16/h8-9,11,15H,4-7,10,12-13H2,1-3H3,(H,21,23). The number of ether oxygens (including phenoxy) is 2. The van der Waals surface area contributed by atoms with Crippen molar-refractivity contribution in [2.45, 2.75) is 59.0 Å². The first-order chi connectivity index (χ1) is 12.4. The van der Waals surface area contributed by atoms with Crippen molar-refractivity contribution < 1.29 is 19.1 Å². The smallest absolute Gasteiger partial charge is 0.237 e. The van der Waals surface area contributed by atoms with Gasteiger partial charge in [-0.3, -0.25) is 9.59 Å². The fourth-order valence-corrected chi connectivity index (χ4v) is 3.60. The summed E-state index contributed by atoms with van der Waals surface area (Å²) in [4.78, 5) is 27.7. The van der Waals surface area contributed by atoms with Gasteiger partial charge in [-0.1, -0.05) is 13.0 Å². The second kappa shape index (κ2) is 7.56. The number of carbonyl (C=O) groups is 2. The minimum absolute atomic E-state index is 0.0766. The zero-order valence-corrected chi connectivity index (χ0v) is 15.8. The van der Waals surface area contributed by atoms with Crippen LogP contribution in [0.5, 0.6) is 11.5 Å². The number of fused-ring (bicyclic) bond motifs is 1. The summed E-state index contributed by atoms with van der Waals surface area (Å²) < 4.78 is 10.7. The van der Waals surface area contributed by atoms with Gasteiger partial charge in [-0.15, -0.1) is 0 Å². The number of hydrogen-bond donors (Lipinski definition) is 1. The Kier molecular flexibility index (Phi) is 5.39. The highest BCUT2D eigenvalue weighted by molar-refractivity contribution is 6.04. The molecule has 1 atom stereocenters. The van der Waals surface area contributed by atoms with Crippen LogP contribution < -0.4 is 14.8 Å². The van der Waals surface area contributed by atoms with E-state index in [0.29, 0.717) is 18.0 Å². The Bertz CT molecular complexity index is 686. The number of carbonyl (C=O) groups excluding carboxylic acids is 2. The molecular weight excluding hydrogens is 332 g/mol. The molecule has 1 unspecified atom stereocenters. The van der Waals surface area contributed by atoms with Gasteiger partial charge >= 0.3 is 0 Å². The zero-order chi connectivity index (χ0) is 18.7. The van der Waals surface area contributed by atoms with Gasteiger partial charge in [0, 0.05) is 19.1 Å². The summed E-state index contributed by atoms with van der Waals surface area (Å²) in [5.74, 6) is 1.07. The van der Waals surface area contributed by atoms with Gasteiger partial charge in [-0.05, 0) is 57.2 Å². The van der Waals surface area contributed by atoms with Crippen molar-refractivity contribution in [1.82, 2.24) is 10.2 Å². The van der Waals surface area contributed by atoms with E-state index in [1.165, 1.54) is 0 Å². The summed E-state index contributed by atoms with van der Waals surface area (Å²) in [5, 5.41) is 2.90. The molecule has 2 aliphatic rings. The molecule has 2 aliphatic heterocycles. The molecule has 1 fully saturated rings. The molecule has 1 aromatic rings. The number of nitrogens with zero attached hydrogens (tertiary/aromatic N) is 1.